The average molecular weight is 692 g/mol. The number of hydrogen-bond donors (Lipinski definition) is 2. The number of hydrogen-bond acceptors (Lipinski definition) is 7. The number of ether oxygens (including phenoxy) is 3. The summed E-state index contributed by atoms with van der Waals surface area (Å²) in [5.74, 6) is 1.61. The van der Waals surface area contributed by atoms with Crippen LogP contribution in [-0.2, 0) is 4.79 Å². The number of nitrogens with zero attached hydrogens (tertiary/aromatic N) is 1. The fourth-order valence-electron chi connectivity index (χ4n) is 6.74. The number of para-hydroxylation sites is 2. The Morgan fingerprint density at radius 2 is 1.56 bits per heavy atom. The smallest absolute Gasteiger partial charge is 0.257 e. The number of carbonyl (C=O) groups is 2. The third kappa shape index (κ3) is 8.03. The van der Waals surface area contributed by atoms with E-state index in [0.717, 1.165) is 43.2 Å². The number of carbonyl (C=O) groups excluding carboxylic acids is 2. The van der Waals surface area contributed by atoms with Crippen molar-refractivity contribution in [1.82, 2.24) is 15.6 Å². The predicted octanol–water partition coefficient (Wildman–Crippen LogP) is 8.23. The molecule has 10 heteroatoms. The van der Waals surface area contributed by atoms with Gasteiger partial charge in [0, 0.05) is 29.5 Å². The van der Waals surface area contributed by atoms with Gasteiger partial charge in [0.25, 0.3) is 5.91 Å². The fraction of sp³-hybridized carbons (Fsp3) is 0.275. The second-order valence-electron chi connectivity index (χ2n) is 13.0. The number of benzene rings is 3. The molecule has 1 spiro atoms. The molecule has 2 fully saturated rings. The summed E-state index contributed by atoms with van der Waals surface area (Å²) in [6.45, 7) is 0. The minimum Gasteiger partial charge on any atom is -0.462 e. The molecule has 2 N–H and O–H groups in total. The standard InChI is InChI=1S/C40H38FN3O5S/c1-50-34-14-8-13-31(23-34)49-39-35(21-27(41)25-42-39)38(46)44-36-24-40(36)17-15-28(16-18-40)43-37(45)26-19-32(47-29-9-4-2-5-10-29)22-33(20-26)48-30-11-6-3-7-12-30/h2-14,19,21-23,25-26,28,36H,15-18,20,24H2,1H3,(H,43,45)(H,44,46). The molecule has 0 aliphatic heterocycles. The van der Waals surface area contributed by atoms with Crippen LogP contribution < -0.4 is 24.8 Å². The minimum atomic E-state index is -0.608. The van der Waals surface area contributed by atoms with Crippen molar-refractivity contribution in [3.8, 4) is 23.1 Å². The van der Waals surface area contributed by atoms with Gasteiger partial charge in [-0.1, -0.05) is 42.5 Å². The van der Waals surface area contributed by atoms with Crippen molar-refractivity contribution < 1.29 is 28.2 Å². The Bertz CT molecular complexity index is 1910. The van der Waals surface area contributed by atoms with Crippen LogP contribution in [0.4, 0.5) is 4.39 Å². The number of nitrogens with one attached hydrogen (secondary N) is 2. The number of amides is 2. The summed E-state index contributed by atoms with van der Waals surface area (Å²) < 4.78 is 32.4. The van der Waals surface area contributed by atoms with E-state index in [1.807, 2.05) is 97.3 Å². The van der Waals surface area contributed by atoms with Crippen molar-refractivity contribution in [3.05, 3.63) is 132 Å². The summed E-state index contributed by atoms with van der Waals surface area (Å²) in [5, 5.41) is 6.38. The summed E-state index contributed by atoms with van der Waals surface area (Å²) in [6.07, 6.45) is 11.3. The molecule has 3 aliphatic carbocycles. The summed E-state index contributed by atoms with van der Waals surface area (Å²) in [5.41, 5.74) is 0.0232. The lowest BCUT2D eigenvalue weighted by atomic mass is 9.82. The molecule has 1 aromatic heterocycles. The van der Waals surface area contributed by atoms with Gasteiger partial charge < -0.3 is 24.8 Å². The molecular formula is C40H38FN3O5S. The topological polar surface area (TPSA) is 98.8 Å². The molecule has 256 valence electrons. The van der Waals surface area contributed by atoms with Crippen molar-refractivity contribution in [1.29, 1.82) is 0 Å². The van der Waals surface area contributed by atoms with E-state index in [-0.39, 0.29) is 34.8 Å². The van der Waals surface area contributed by atoms with E-state index in [4.69, 9.17) is 14.2 Å². The predicted molar refractivity (Wildman–Crippen MR) is 190 cm³/mol. The fourth-order valence-corrected chi connectivity index (χ4v) is 7.19. The third-order valence-electron chi connectivity index (χ3n) is 9.54. The molecule has 2 unspecified atom stereocenters. The van der Waals surface area contributed by atoms with Crippen molar-refractivity contribution in [2.45, 2.75) is 55.5 Å². The molecule has 2 atom stereocenters. The van der Waals surface area contributed by atoms with Crippen LogP contribution >= 0.6 is 11.8 Å². The second kappa shape index (κ2) is 14.8. The Morgan fingerprint density at radius 1 is 0.860 bits per heavy atom. The van der Waals surface area contributed by atoms with Gasteiger partial charge >= 0.3 is 0 Å². The highest BCUT2D eigenvalue weighted by Crippen LogP contribution is 2.56. The Morgan fingerprint density at radius 3 is 2.28 bits per heavy atom. The van der Waals surface area contributed by atoms with Gasteiger partial charge in [0.05, 0.1) is 12.1 Å². The van der Waals surface area contributed by atoms with Crippen LogP contribution in [0.5, 0.6) is 23.1 Å². The first-order valence-electron chi connectivity index (χ1n) is 16.8. The van der Waals surface area contributed by atoms with Crippen LogP contribution in [0, 0.1) is 17.2 Å². The lowest BCUT2D eigenvalue weighted by molar-refractivity contribution is -0.124. The SMILES string of the molecule is CSc1cccc(Oc2ncc(F)cc2C(=O)NC2CC23CCC(NC(=O)C2C=C(Oc4ccccc4)C=C(Oc4ccccc4)C2)CC3)c1. The third-order valence-corrected chi connectivity index (χ3v) is 10.3. The van der Waals surface area contributed by atoms with Crippen LogP contribution in [0.25, 0.3) is 0 Å². The van der Waals surface area contributed by atoms with Gasteiger partial charge in [-0.25, -0.2) is 9.37 Å². The number of rotatable bonds is 11. The number of allylic oxidation sites excluding steroid dienone is 2. The van der Waals surface area contributed by atoms with E-state index < -0.39 is 17.6 Å². The Hall–Kier alpha value is -5.09. The Labute approximate surface area is 295 Å². The first kappa shape index (κ1) is 33.4. The molecule has 0 bridgehead atoms. The van der Waals surface area contributed by atoms with Gasteiger partial charge in [0.2, 0.25) is 11.8 Å². The quantitative estimate of drug-likeness (QED) is 0.153. The van der Waals surface area contributed by atoms with Gasteiger partial charge in [-0.15, -0.1) is 11.8 Å². The number of halogens is 1. The van der Waals surface area contributed by atoms with E-state index in [9.17, 15) is 14.0 Å². The van der Waals surface area contributed by atoms with E-state index in [1.165, 1.54) is 6.07 Å². The molecule has 7 rings (SSSR count). The minimum absolute atomic E-state index is 0.0193. The highest BCUT2D eigenvalue weighted by molar-refractivity contribution is 7.98. The lowest BCUT2D eigenvalue weighted by Crippen LogP contribution is -2.42. The largest absolute Gasteiger partial charge is 0.462 e. The van der Waals surface area contributed by atoms with Crippen LogP contribution in [0.15, 0.2) is 126 Å². The second-order valence-corrected chi connectivity index (χ2v) is 13.9. The maximum Gasteiger partial charge on any atom is 0.257 e. The molecule has 50 heavy (non-hydrogen) atoms. The van der Waals surface area contributed by atoms with Crippen molar-refractivity contribution >= 4 is 23.6 Å². The monoisotopic (exact) mass is 691 g/mol. The van der Waals surface area contributed by atoms with E-state index >= 15 is 0 Å². The zero-order chi connectivity index (χ0) is 34.5. The van der Waals surface area contributed by atoms with Gasteiger partial charge in [-0.2, -0.15) is 0 Å². The molecular weight excluding hydrogens is 654 g/mol. The zero-order valence-corrected chi connectivity index (χ0v) is 28.5. The van der Waals surface area contributed by atoms with Gasteiger partial charge in [0.1, 0.15) is 40.1 Å². The van der Waals surface area contributed by atoms with Crippen molar-refractivity contribution in [2.24, 2.45) is 11.3 Å². The first-order chi connectivity index (χ1) is 24.4. The Kier molecular flexibility index (Phi) is 9.89. The van der Waals surface area contributed by atoms with Crippen LogP contribution in [0.1, 0.15) is 48.9 Å². The van der Waals surface area contributed by atoms with Crippen LogP contribution in [0.2, 0.25) is 0 Å². The highest BCUT2D eigenvalue weighted by atomic mass is 32.2. The summed E-state index contributed by atoms with van der Waals surface area (Å²) in [7, 11) is 0. The molecule has 1 heterocycles. The van der Waals surface area contributed by atoms with Crippen LogP contribution in [-0.4, -0.2) is 35.1 Å². The van der Waals surface area contributed by atoms with Gasteiger partial charge in [-0.3, -0.25) is 9.59 Å². The van der Waals surface area contributed by atoms with E-state index in [2.05, 4.69) is 15.6 Å². The molecule has 0 radical (unpaired) electrons. The normalized spacial score (nSPS) is 22.5. The molecule has 4 aromatic rings. The van der Waals surface area contributed by atoms with Crippen molar-refractivity contribution in [2.75, 3.05) is 6.26 Å². The first-order valence-corrected chi connectivity index (χ1v) is 18.1. The number of aromatic nitrogens is 1. The highest BCUT2D eigenvalue weighted by Gasteiger charge is 2.56. The maximum atomic E-state index is 14.2. The van der Waals surface area contributed by atoms with Gasteiger partial charge in [-0.05, 0) is 98.4 Å². The van der Waals surface area contributed by atoms with Crippen molar-refractivity contribution in [3.63, 3.8) is 0 Å². The lowest BCUT2D eigenvalue weighted by Gasteiger charge is -2.31. The summed E-state index contributed by atoms with van der Waals surface area (Å²) in [6, 6.07) is 27.5. The molecule has 2 amide bonds. The van der Waals surface area contributed by atoms with E-state index in [1.54, 1.807) is 17.8 Å². The summed E-state index contributed by atoms with van der Waals surface area (Å²) >= 11 is 1.57. The zero-order valence-electron chi connectivity index (χ0n) is 27.6. The molecule has 3 aliphatic rings. The molecule has 0 saturated heterocycles. The molecule has 8 nitrogen and oxygen atoms in total. The van der Waals surface area contributed by atoms with E-state index in [0.29, 0.717) is 35.2 Å². The average Bonchev–Trinajstić information content (AvgIpc) is 3.80. The Balaban J connectivity index is 0.951. The molecule has 2 saturated carbocycles. The summed E-state index contributed by atoms with van der Waals surface area (Å²) in [4.78, 5) is 32.1. The van der Waals surface area contributed by atoms with Crippen LogP contribution in [0.3, 0.4) is 0 Å². The van der Waals surface area contributed by atoms with Gasteiger partial charge in [0.15, 0.2) is 0 Å². The number of thioether (sulfide) groups is 1. The maximum absolute atomic E-state index is 14.2. The molecule has 3 aromatic carbocycles. The number of pyridine rings is 1.